The highest BCUT2D eigenvalue weighted by Gasteiger charge is 2.13. The van der Waals surface area contributed by atoms with Crippen LogP contribution in [0.1, 0.15) is 0 Å². The molecular weight excluding hydrogens is 403 g/mol. The topological polar surface area (TPSA) is 86.9 Å². The third kappa shape index (κ3) is 4.11. The lowest BCUT2D eigenvalue weighted by atomic mass is 10.1. The summed E-state index contributed by atoms with van der Waals surface area (Å²) < 4.78 is 26.6. The van der Waals surface area contributed by atoms with E-state index in [9.17, 15) is 14.0 Å². The molecule has 0 spiro atoms. The van der Waals surface area contributed by atoms with E-state index in [2.05, 4.69) is 10.4 Å². The minimum absolute atomic E-state index is 0.220. The number of anilines is 1. The zero-order valence-electron chi connectivity index (χ0n) is 16.8. The summed E-state index contributed by atoms with van der Waals surface area (Å²) in [4.78, 5) is 25.2. The number of nitrogens with one attached hydrogen (secondary N) is 1. The Bertz CT molecular complexity index is 1330. The minimum Gasteiger partial charge on any atom is -0.493 e. The van der Waals surface area contributed by atoms with E-state index in [4.69, 9.17) is 9.47 Å². The zero-order chi connectivity index (χ0) is 22.0. The quantitative estimate of drug-likeness (QED) is 0.516. The lowest BCUT2D eigenvalue weighted by Gasteiger charge is -2.08. The average molecular weight is 422 g/mol. The standard InChI is InChI=1S/C22H19FN4O4/c1-30-19-7-6-14(10-20(19)31-2)17-12-18-22(29)26(8-9-27(18)25-17)13-21(28)24-16-5-3-4-15(23)11-16/h3-12H,13H2,1-2H3,(H,24,28). The highest BCUT2D eigenvalue weighted by molar-refractivity contribution is 5.90. The van der Waals surface area contributed by atoms with Crippen LogP contribution in [0.5, 0.6) is 11.5 Å². The maximum atomic E-state index is 13.3. The molecule has 2 heterocycles. The molecule has 4 aromatic rings. The molecule has 31 heavy (non-hydrogen) atoms. The normalized spacial score (nSPS) is 10.8. The zero-order valence-corrected chi connectivity index (χ0v) is 16.8. The van der Waals surface area contributed by atoms with Gasteiger partial charge in [0.1, 0.15) is 17.9 Å². The van der Waals surface area contributed by atoms with Gasteiger partial charge in [-0.25, -0.2) is 8.91 Å². The van der Waals surface area contributed by atoms with Crippen molar-refractivity contribution >= 4 is 17.1 Å². The van der Waals surface area contributed by atoms with E-state index in [1.165, 1.54) is 33.5 Å². The summed E-state index contributed by atoms with van der Waals surface area (Å²) in [7, 11) is 3.09. The van der Waals surface area contributed by atoms with Crippen molar-refractivity contribution < 1.29 is 18.7 Å². The summed E-state index contributed by atoms with van der Waals surface area (Å²) >= 11 is 0. The van der Waals surface area contributed by atoms with Crippen LogP contribution in [-0.4, -0.2) is 34.3 Å². The summed E-state index contributed by atoms with van der Waals surface area (Å²) in [5.41, 5.74) is 1.57. The first-order chi connectivity index (χ1) is 15.0. The molecule has 0 bridgehead atoms. The summed E-state index contributed by atoms with van der Waals surface area (Å²) in [5.74, 6) is 0.222. The third-order valence-electron chi connectivity index (χ3n) is 4.71. The molecule has 1 amide bonds. The number of halogens is 1. The van der Waals surface area contributed by atoms with Gasteiger partial charge < -0.3 is 19.4 Å². The molecule has 0 atom stereocenters. The van der Waals surface area contributed by atoms with Crippen LogP contribution in [0.25, 0.3) is 16.8 Å². The molecular formula is C22H19FN4O4. The van der Waals surface area contributed by atoms with Crippen molar-refractivity contribution in [2.45, 2.75) is 6.54 Å². The summed E-state index contributed by atoms with van der Waals surface area (Å²) in [6.45, 7) is -0.220. The molecule has 0 radical (unpaired) electrons. The predicted molar refractivity (Wildman–Crippen MR) is 113 cm³/mol. The Balaban J connectivity index is 1.61. The molecule has 1 N–H and O–H groups in total. The van der Waals surface area contributed by atoms with Gasteiger partial charge in [-0.2, -0.15) is 5.10 Å². The monoisotopic (exact) mass is 422 g/mol. The van der Waals surface area contributed by atoms with Crippen molar-refractivity contribution in [1.82, 2.24) is 14.2 Å². The van der Waals surface area contributed by atoms with E-state index in [0.717, 1.165) is 5.56 Å². The fourth-order valence-electron chi connectivity index (χ4n) is 3.21. The van der Waals surface area contributed by atoms with Crippen LogP contribution < -0.4 is 20.3 Å². The number of aromatic nitrogens is 3. The van der Waals surface area contributed by atoms with Crippen molar-refractivity contribution in [2.75, 3.05) is 19.5 Å². The van der Waals surface area contributed by atoms with E-state index >= 15 is 0 Å². The first-order valence-electron chi connectivity index (χ1n) is 9.35. The van der Waals surface area contributed by atoms with Gasteiger partial charge >= 0.3 is 0 Å². The van der Waals surface area contributed by atoms with E-state index in [1.54, 1.807) is 44.7 Å². The van der Waals surface area contributed by atoms with Gasteiger partial charge in [-0.3, -0.25) is 9.59 Å². The molecule has 2 aromatic carbocycles. The maximum absolute atomic E-state index is 13.3. The van der Waals surface area contributed by atoms with Crippen LogP contribution in [0.3, 0.4) is 0 Å². The number of benzene rings is 2. The lowest BCUT2D eigenvalue weighted by Crippen LogP contribution is -2.28. The number of carbonyl (C=O) groups is 1. The number of amides is 1. The first-order valence-corrected chi connectivity index (χ1v) is 9.35. The second-order valence-electron chi connectivity index (χ2n) is 6.72. The fraction of sp³-hybridized carbons (Fsp3) is 0.136. The number of methoxy groups -OCH3 is 2. The summed E-state index contributed by atoms with van der Waals surface area (Å²) in [5, 5.41) is 7.01. The van der Waals surface area contributed by atoms with Gasteiger partial charge in [0.15, 0.2) is 11.5 Å². The maximum Gasteiger partial charge on any atom is 0.277 e. The van der Waals surface area contributed by atoms with Crippen LogP contribution in [0.15, 0.2) is 65.7 Å². The summed E-state index contributed by atoms with van der Waals surface area (Å²) in [6.07, 6.45) is 3.07. The molecule has 0 saturated heterocycles. The molecule has 0 aliphatic rings. The number of carbonyl (C=O) groups excluding carboxylic acids is 1. The van der Waals surface area contributed by atoms with Crippen LogP contribution in [0, 0.1) is 5.82 Å². The van der Waals surface area contributed by atoms with Crippen molar-refractivity contribution in [3.63, 3.8) is 0 Å². The second-order valence-corrected chi connectivity index (χ2v) is 6.72. The van der Waals surface area contributed by atoms with E-state index < -0.39 is 11.7 Å². The number of rotatable bonds is 6. The van der Waals surface area contributed by atoms with Crippen LogP contribution >= 0.6 is 0 Å². The molecule has 158 valence electrons. The smallest absolute Gasteiger partial charge is 0.277 e. The number of nitrogens with zero attached hydrogens (tertiary/aromatic N) is 3. The Hall–Kier alpha value is -4.14. The van der Waals surface area contributed by atoms with E-state index in [1.807, 2.05) is 6.07 Å². The fourth-order valence-corrected chi connectivity index (χ4v) is 3.21. The Morgan fingerprint density at radius 1 is 1.06 bits per heavy atom. The van der Waals surface area contributed by atoms with Gasteiger partial charge in [-0.15, -0.1) is 0 Å². The third-order valence-corrected chi connectivity index (χ3v) is 4.71. The Kier molecular flexibility index (Phi) is 5.40. The van der Waals surface area contributed by atoms with Crippen molar-refractivity contribution in [3.05, 3.63) is 77.1 Å². The van der Waals surface area contributed by atoms with Crippen LogP contribution in [0.2, 0.25) is 0 Å². The van der Waals surface area contributed by atoms with Crippen molar-refractivity contribution in [1.29, 1.82) is 0 Å². The Labute approximate surface area is 176 Å². The highest BCUT2D eigenvalue weighted by atomic mass is 19.1. The average Bonchev–Trinajstić information content (AvgIpc) is 3.20. The Morgan fingerprint density at radius 2 is 1.87 bits per heavy atom. The molecule has 0 saturated carbocycles. The summed E-state index contributed by atoms with van der Waals surface area (Å²) in [6, 6.07) is 12.5. The molecule has 0 aliphatic carbocycles. The van der Waals surface area contributed by atoms with Gasteiger partial charge in [0.05, 0.1) is 19.9 Å². The van der Waals surface area contributed by atoms with Crippen molar-refractivity contribution in [2.24, 2.45) is 0 Å². The number of fused-ring (bicyclic) bond motifs is 1. The second kappa shape index (κ2) is 8.31. The molecule has 2 aromatic heterocycles. The van der Waals surface area contributed by atoms with Gasteiger partial charge in [0, 0.05) is 23.6 Å². The molecule has 0 fully saturated rings. The SMILES string of the molecule is COc1ccc(-c2cc3c(=O)n(CC(=O)Nc4cccc(F)c4)ccn3n2)cc1OC. The van der Waals surface area contributed by atoms with Crippen molar-refractivity contribution in [3.8, 4) is 22.8 Å². The first kappa shape index (κ1) is 20.1. The molecule has 9 heteroatoms. The number of hydrogen-bond acceptors (Lipinski definition) is 5. The largest absolute Gasteiger partial charge is 0.493 e. The minimum atomic E-state index is -0.460. The van der Waals surface area contributed by atoms with E-state index in [-0.39, 0.29) is 12.1 Å². The van der Waals surface area contributed by atoms with Gasteiger partial charge in [0.2, 0.25) is 5.91 Å². The Morgan fingerprint density at radius 3 is 2.61 bits per heavy atom. The van der Waals surface area contributed by atoms with E-state index in [0.29, 0.717) is 28.4 Å². The van der Waals surface area contributed by atoms with Crippen LogP contribution in [0.4, 0.5) is 10.1 Å². The molecule has 0 aliphatic heterocycles. The molecule has 0 unspecified atom stereocenters. The van der Waals surface area contributed by atoms with Gasteiger partial charge in [-0.05, 0) is 42.5 Å². The predicted octanol–water partition coefficient (Wildman–Crippen LogP) is 2.96. The van der Waals surface area contributed by atoms with Gasteiger partial charge in [-0.1, -0.05) is 6.07 Å². The lowest BCUT2D eigenvalue weighted by molar-refractivity contribution is -0.116. The van der Waals surface area contributed by atoms with Gasteiger partial charge in [0.25, 0.3) is 5.56 Å². The molecule has 4 rings (SSSR count). The number of hydrogen-bond donors (Lipinski definition) is 1. The molecule has 8 nitrogen and oxygen atoms in total. The highest BCUT2D eigenvalue weighted by Crippen LogP contribution is 2.31. The number of ether oxygens (including phenoxy) is 2. The van der Waals surface area contributed by atoms with Crippen LogP contribution in [-0.2, 0) is 11.3 Å².